The first kappa shape index (κ1) is 69.2. The summed E-state index contributed by atoms with van der Waals surface area (Å²) < 4.78 is 34.1. The van der Waals surface area contributed by atoms with E-state index in [-0.39, 0.29) is 18.9 Å². The first-order valence-electron chi connectivity index (χ1n) is 28.8. The number of unbranched alkanes of at least 4 members (excludes halogenated alkanes) is 12. The number of hydrogen-bond donors (Lipinski definition) is 12. The molecule has 1 amide bonds. The van der Waals surface area contributed by atoms with Crippen molar-refractivity contribution in [1.82, 2.24) is 5.32 Å². The molecule has 19 nitrogen and oxygen atoms in total. The van der Waals surface area contributed by atoms with E-state index in [2.05, 4.69) is 92.1 Å². The summed E-state index contributed by atoms with van der Waals surface area (Å²) in [4.78, 5) is 13.3. The van der Waals surface area contributed by atoms with Crippen LogP contribution in [0.1, 0.15) is 149 Å². The maximum Gasteiger partial charge on any atom is 0.220 e. The van der Waals surface area contributed by atoms with Crippen LogP contribution in [-0.4, -0.2) is 193 Å². The lowest BCUT2D eigenvalue weighted by molar-refractivity contribution is -0.379. The van der Waals surface area contributed by atoms with E-state index in [1.807, 2.05) is 0 Å². The third-order valence-electron chi connectivity index (χ3n) is 13.9. The number of carbonyl (C=O) groups excluding carboxylic acids is 1. The molecule has 0 bridgehead atoms. The highest BCUT2D eigenvalue weighted by molar-refractivity contribution is 5.76. The molecule has 17 unspecified atom stereocenters. The fourth-order valence-corrected chi connectivity index (χ4v) is 9.22. The minimum atomic E-state index is -1.98. The van der Waals surface area contributed by atoms with E-state index in [1.165, 1.54) is 32.1 Å². The van der Waals surface area contributed by atoms with Gasteiger partial charge >= 0.3 is 0 Å². The van der Waals surface area contributed by atoms with Crippen LogP contribution in [0, 0.1) is 0 Å². The molecule has 0 saturated carbocycles. The topological polar surface area (TPSA) is 307 Å². The fraction of sp³-hybridized carbons (Fsp3) is 0.746. The highest BCUT2D eigenvalue weighted by Crippen LogP contribution is 2.33. The average molecular weight is 1110 g/mol. The number of ether oxygens (including phenoxy) is 6. The predicted molar refractivity (Wildman–Crippen MR) is 295 cm³/mol. The maximum absolute atomic E-state index is 13.3. The molecule has 17 atom stereocenters. The number of amides is 1. The van der Waals surface area contributed by atoms with Crippen LogP contribution in [-0.2, 0) is 33.2 Å². The first-order chi connectivity index (χ1) is 37.8. The van der Waals surface area contributed by atoms with Crippen molar-refractivity contribution in [2.75, 3.05) is 26.4 Å². The van der Waals surface area contributed by atoms with Gasteiger partial charge in [-0.1, -0.05) is 150 Å². The van der Waals surface area contributed by atoms with Crippen molar-refractivity contribution in [2.24, 2.45) is 0 Å². The summed E-state index contributed by atoms with van der Waals surface area (Å²) in [6, 6.07) is -1.00. The Morgan fingerprint density at radius 3 is 1.38 bits per heavy atom. The third kappa shape index (κ3) is 25.8. The Balaban J connectivity index is 1.47. The number of allylic oxidation sites excluding steroid dienone is 13. The molecule has 448 valence electrons. The quantitative estimate of drug-likeness (QED) is 0.0299. The molecule has 19 heteroatoms. The molecule has 3 aliphatic rings. The average Bonchev–Trinajstić information content (AvgIpc) is 3.49. The van der Waals surface area contributed by atoms with Crippen LogP contribution in [0.2, 0.25) is 0 Å². The van der Waals surface area contributed by atoms with Gasteiger partial charge in [-0.05, 0) is 77.0 Å². The summed E-state index contributed by atoms with van der Waals surface area (Å²) in [5.41, 5.74) is 0. The molecule has 3 fully saturated rings. The molecule has 0 aromatic rings. The van der Waals surface area contributed by atoms with E-state index >= 15 is 0 Å². The van der Waals surface area contributed by atoms with E-state index in [9.17, 15) is 61.0 Å². The van der Waals surface area contributed by atoms with E-state index < -0.39 is 124 Å². The summed E-state index contributed by atoms with van der Waals surface area (Å²) in [6.07, 6.45) is 23.1. The highest BCUT2D eigenvalue weighted by atomic mass is 16.8. The second kappa shape index (κ2) is 41.9. The lowest BCUT2D eigenvalue weighted by Gasteiger charge is -2.48. The first-order valence-corrected chi connectivity index (χ1v) is 28.8. The van der Waals surface area contributed by atoms with Gasteiger partial charge in [0, 0.05) is 6.42 Å². The largest absolute Gasteiger partial charge is 0.394 e. The summed E-state index contributed by atoms with van der Waals surface area (Å²) in [5, 5.41) is 120. The van der Waals surface area contributed by atoms with Gasteiger partial charge in [-0.25, -0.2) is 0 Å². The van der Waals surface area contributed by atoms with Crippen LogP contribution in [0.25, 0.3) is 0 Å². The molecule has 0 spiro atoms. The second-order valence-corrected chi connectivity index (χ2v) is 20.3. The normalized spacial score (nSPS) is 31.1. The van der Waals surface area contributed by atoms with Gasteiger partial charge in [-0.2, -0.15) is 0 Å². The van der Waals surface area contributed by atoms with Crippen LogP contribution in [0.3, 0.4) is 0 Å². The lowest BCUT2D eigenvalue weighted by Crippen LogP contribution is -2.66. The van der Waals surface area contributed by atoms with Crippen LogP contribution in [0.15, 0.2) is 85.1 Å². The van der Waals surface area contributed by atoms with Gasteiger partial charge in [0.25, 0.3) is 0 Å². The predicted octanol–water partition coefficient (Wildman–Crippen LogP) is 4.42. The van der Waals surface area contributed by atoms with Crippen molar-refractivity contribution in [3.63, 3.8) is 0 Å². The van der Waals surface area contributed by atoms with Gasteiger partial charge in [0.2, 0.25) is 5.91 Å². The summed E-state index contributed by atoms with van der Waals surface area (Å²) in [7, 11) is 0. The number of aliphatic hydroxyl groups excluding tert-OH is 11. The van der Waals surface area contributed by atoms with Crippen molar-refractivity contribution in [1.29, 1.82) is 0 Å². The van der Waals surface area contributed by atoms with Gasteiger partial charge in [-0.3, -0.25) is 4.79 Å². The zero-order valence-electron chi connectivity index (χ0n) is 46.4. The Morgan fingerprint density at radius 1 is 0.462 bits per heavy atom. The van der Waals surface area contributed by atoms with E-state index in [4.69, 9.17) is 28.4 Å². The number of carbonyl (C=O) groups is 1. The van der Waals surface area contributed by atoms with Crippen molar-refractivity contribution >= 4 is 5.91 Å². The van der Waals surface area contributed by atoms with Gasteiger partial charge < -0.3 is 89.9 Å². The van der Waals surface area contributed by atoms with E-state index in [0.717, 1.165) is 83.5 Å². The SMILES string of the molecule is CC/C=C\C/C=C\C/C=C\C/C=C\CCCCCCCCCCCCC(=O)NC(COC1OC(CO)C(OC2OC(CO)C(OC3OC(CO)C(O)C(O)C3O)C(O)C2O)C(O)C1O)C(O)/C=C/CC/C=C/CC/C=C/CC. The molecule has 3 saturated heterocycles. The molecule has 0 aromatic heterocycles. The molecular formula is C59H99NO18. The molecular weight excluding hydrogens is 1010 g/mol. The number of rotatable bonds is 40. The molecule has 0 radical (unpaired) electrons. The molecule has 3 rings (SSSR count). The van der Waals surface area contributed by atoms with Crippen molar-refractivity contribution < 1.29 is 89.4 Å². The van der Waals surface area contributed by atoms with E-state index in [1.54, 1.807) is 12.2 Å². The summed E-state index contributed by atoms with van der Waals surface area (Å²) in [5.74, 6) is -0.302. The minimum absolute atomic E-state index is 0.221. The van der Waals surface area contributed by atoms with Gasteiger partial charge in [0.1, 0.15) is 73.2 Å². The lowest BCUT2D eigenvalue weighted by atomic mass is 9.96. The Morgan fingerprint density at radius 2 is 0.859 bits per heavy atom. The van der Waals surface area contributed by atoms with Crippen LogP contribution >= 0.6 is 0 Å². The van der Waals surface area contributed by atoms with Gasteiger partial charge in [0.05, 0.1) is 38.6 Å². The Hall–Kier alpha value is -3.03. The van der Waals surface area contributed by atoms with E-state index in [0.29, 0.717) is 12.8 Å². The van der Waals surface area contributed by atoms with Crippen molar-refractivity contribution in [2.45, 2.75) is 253 Å². The zero-order chi connectivity index (χ0) is 56.9. The van der Waals surface area contributed by atoms with Gasteiger partial charge in [0.15, 0.2) is 18.9 Å². The van der Waals surface area contributed by atoms with Crippen LogP contribution < -0.4 is 5.32 Å². The maximum atomic E-state index is 13.3. The molecule has 3 aliphatic heterocycles. The monoisotopic (exact) mass is 1110 g/mol. The summed E-state index contributed by atoms with van der Waals surface area (Å²) >= 11 is 0. The smallest absolute Gasteiger partial charge is 0.220 e. The molecule has 78 heavy (non-hydrogen) atoms. The van der Waals surface area contributed by atoms with Crippen LogP contribution in [0.4, 0.5) is 0 Å². The number of aliphatic hydroxyl groups is 11. The number of hydrogen-bond acceptors (Lipinski definition) is 18. The van der Waals surface area contributed by atoms with Crippen molar-refractivity contribution in [3.8, 4) is 0 Å². The van der Waals surface area contributed by atoms with Crippen LogP contribution in [0.5, 0.6) is 0 Å². The molecule has 0 aromatic carbocycles. The summed E-state index contributed by atoms with van der Waals surface area (Å²) in [6.45, 7) is 1.41. The minimum Gasteiger partial charge on any atom is -0.394 e. The molecule has 12 N–H and O–H groups in total. The Bertz CT molecular complexity index is 1750. The highest BCUT2D eigenvalue weighted by Gasteiger charge is 2.53. The Labute approximate surface area is 463 Å². The number of nitrogens with one attached hydrogen (secondary N) is 1. The molecule has 3 heterocycles. The molecule has 0 aliphatic carbocycles. The van der Waals surface area contributed by atoms with Crippen molar-refractivity contribution in [3.05, 3.63) is 85.1 Å². The van der Waals surface area contributed by atoms with Gasteiger partial charge in [-0.15, -0.1) is 0 Å². The second-order valence-electron chi connectivity index (χ2n) is 20.3. The zero-order valence-corrected chi connectivity index (χ0v) is 46.4. The fourth-order valence-electron chi connectivity index (χ4n) is 9.22. The Kier molecular flexibility index (Phi) is 37.2. The standard InChI is InChI=1S/C59H99NO18/c1-3-5-7-9-11-13-15-16-17-18-19-20-21-22-23-24-25-26-27-29-31-33-35-37-47(65)60-42(43(64)36-34-32-30-28-14-12-10-8-6-4-2)41-73-57-53(71)50(68)55(45(39-62)75-57)78-59-54(72)51(69)56(46(40-63)76-59)77-58-52(70)49(67)48(66)44(38-61)74-58/h5-8,11,13-14,16-17,19-20,28,34,36,42-46,48-59,61-64,66-72H,3-4,9-10,12,15,18,21-27,29-33,35,37-41H2,1-2H3,(H,60,65)/b7-5-,8-6+,13-11-,17-16-,20-19-,28-14+,36-34+. The third-order valence-corrected chi connectivity index (χ3v) is 13.9.